The number of carboxylic acid groups (broad SMARTS) is 1. The zero-order chi connectivity index (χ0) is 12.4. The van der Waals surface area contributed by atoms with Crippen LogP contribution in [0, 0.1) is 0 Å². The van der Waals surface area contributed by atoms with Gasteiger partial charge in [0.15, 0.2) is 0 Å². The Morgan fingerprint density at radius 3 is 2.71 bits per heavy atom. The fraction of sp³-hybridized carbons (Fsp3) is 0.923. The zero-order valence-electron chi connectivity index (χ0n) is 10.9. The van der Waals surface area contributed by atoms with Crippen LogP contribution >= 0.6 is 0 Å². The van der Waals surface area contributed by atoms with E-state index in [1.54, 1.807) is 0 Å². The maximum absolute atomic E-state index is 11.3. The second-order valence-corrected chi connectivity index (χ2v) is 5.48. The molecule has 98 valence electrons. The van der Waals surface area contributed by atoms with Crippen LogP contribution in [0.15, 0.2) is 0 Å². The first-order valence-electron chi connectivity index (χ1n) is 6.82. The quantitative estimate of drug-likeness (QED) is 0.807. The molecule has 2 saturated heterocycles. The highest BCUT2D eigenvalue weighted by molar-refractivity contribution is 5.73. The largest absolute Gasteiger partial charge is 0.480 e. The highest BCUT2D eigenvalue weighted by Gasteiger charge is 2.37. The summed E-state index contributed by atoms with van der Waals surface area (Å²) in [6.45, 7) is 3.94. The first-order valence-corrected chi connectivity index (χ1v) is 6.82. The van der Waals surface area contributed by atoms with Gasteiger partial charge in [0.25, 0.3) is 0 Å². The van der Waals surface area contributed by atoms with Crippen LogP contribution in [0.4, 0.5) is 0 Å². The summed E-state index contributed by atoms with van der Waals surface area (Å²) in [7, 11) is 2.20. The lowest BCUT2D eigenvalue weighted by molar-refractivity contribution is -0.143. The Balaban J connectivity index is 2.04. The number of hydrogen-bond donors (Lipinski definition) is 1. The standard InChI is InChI=1S/C13H24N2O2/c1-3-4-12(13(16)17)15-8-7-10-5-6-11(9-15)14(10)2/h10-12H,3-9H2,1-2H3,(H,16,17). The fourth-order valence-corrected chi connectivity index (χ4v) is 3.35. The predicted molar refractivity (Wildman–Crippen MR) is 67.1 cm³/mol. The number of likely N-dealkylation sites (tertiary alicyclic amines) is 1. The van der Waals surface area contributed by atoms with E-state index in [0.717, 1.165) is 32.4 Å². The summed E-state index contributed by atoms with van der Waals surface area (Å²) in [5.74, 6) is -0.646. The summed E-state index contributed by atoms with van der Waals surface area (Å²) >= 11 is 0. The molecule has 2 fully saturated rings. The third-order valence-electron chi connectivity index (χ3n) is 4.47. The van der Waals surface area contributed by atoms with E-state index < -0.39 is 5.97 Å². The van der Waals surface area contributed by atoms with Gasteiger partial charge in [-0.1, -0.05) is 13.3 Å². The second kappa shape index (κ2) is 5.36. The number of aliphatic carboxylic acids is 1. The Morgan fingerprint density at radius 2 is 2.06 bits per heavy atom. The van der Waals surface area contributed by atoms with Gasteiger partial charge in [0.1, 0.15) is 6.04 Å². The fourth-order valence-electron chi connectivity index (χ4n) is 3.35. The van der Waals surface area contributed by atoms with E-state index in [-0.39, 0.29) is 6.04 Å². The summed E-state index contributed by atoms with van der Waals surface area (Å²) in [4.78, 5) is 16.0. The molecule has 3 atom stereocenters. The Bertz CT molecular complexity index is 283. The van der Waals surface area contributed by atoms with Gasteiger partial charge in [-0.3, -0.25) is 14.6 Å². The topological polar surface area (TPSA) is 43.8 Å². The number of likely N-dealkylation sites (N-methyl/N-ethyl adjacent to an activating group) is 1. The maximum Gasteiger partial charge on any atom is 0.320 e. The van der Waals surface area contributed by atoms with Crippen LogP contribution in [-0.4, -0.2) is 59.1 Å². The zero-order valence-corrected chi connectivity index (χ0v) is 10.9. The number of fused-ring (bicyclic) bond motifs is 2. The highest BCUT2D eigenvalue weighted by Crippen LogP contribution is 2.29. The van der Waals surface area contributed by atoms with E-state index in [0.29, 0.717) is 12.1 Å². The van der Waals surface area contributed by atoms with Gasteiger partial charge >= 0.3 is 5.97 Å². The molecule has 2 heterocycles. The highest BCUT2D eigenvalue weighted by atomic mass is 16.4. The van der Waals surface area contributed by atoms with E-state index in [9.17, 15) is 9.90 Å². The molecule has 3 unspecified atom stereocenters. The summed E-state index contributed by atoms with van der Waals surface area (Å²) in [5, 5.41) is 9.33. The molecular formula is C13H24N2O2. The minimum Gasteiger partial charge on any atom is -0.480 e. The van der Waals surface area contributed by atoms with Crippen LogP contribution in [0.2, 0.25) is 0 Å². The van der Waals surface area contributed by atoms with Gasteiger partial charge in [-0.2, -0.15) is 0 Å². The lowest BCUT2D eigenvalue weighted by atomic mass is 10.0. The van der Waals surface area contributed by atoms with Gasteiger partial charge < -0.3 is 5.11 Å². The van der Waals surface area contributed by atoms with Crippen LogP contribution in [0.5, 0.6) is 0 Å². The smallest absolute Gasteiger partial charge is 0.320 e. The summed E-state index contributed by atoms with van der Waals surface area (Å²) in [5.41, 5.74) is 0. The third-order valence-corrected chi connectivity index (χ3v) is 4.47. The van der Waals surface area contributed by atoms with Crippen molar-refractivity contribution in [3.8, 4) is 0 Å². The van der Waals surface area contributed by atoms with Crippen molar-refractivity contribution in [2.45, 2.75) is 57.2 Å². The molecule has 0 aromatic heterocycles. The second-order valence-electron chi connectivity index (χ2n) is 5.48. The van der Waals surface area contributed by atoms with E-state index in [1.165, 1.54) is 12.8 Å². The van der Waals surface area contributed by atoms with Gasteiger partial charge in [0.05, 0.1) is 0 Å². The molecule has 0 aliphatic carbocycles. The molecule has 17 heavy (non-hydrogen) atoms. The number of rotatable bonds is 4. The molecule has 0 spiro atoms. The summed E-state index contributed by atoms with van der Waals surface area (Å²) < 4.78 is 0. The van der Waals surface area contributed by atoms with E-state index >= 15 is 0 Å². The van der Waals surface area contributed by atoms with Crippen LogP contribution in [0.25, 0.3) is 0 Å². The van der Waals surface area contributed by atoms with Crippen molar-refractivity contribution in [2.75, 3.05) is 20.1 Å². The number of nitrogens with zero attached hydrogens (tertiary/aromatic N) is 2. The molecule has 0 saturated carbocycles. The Hall–Kier alpha value is -0.610. The van der Waals surface area contributed by atoms with Gasteiger partial charge in [-0.15, -0.1) is 0 Å². The predicted octanol–water partition coefficient (Wildman–Crippen LogP) is 1.41. The van der Waals surface area contributed by atoms with Crippen molar-refractivity contribution >= 4 is 5.97 Å². The van der Waals surface area contributed by atoms with Gasteiger partial charge in [-0.05, 0) is 32.7 Å². The lowest BCUT2D eigenvalue weighted by Crippen LogP contribution is -2.45. The Kier molecular flexibility index (Phi) is 4.05. The van der Waals surface area contributed by atoms with Crippen molar-refractivity contribution in [3.05, 3.63) is 0 Å². The molecule has 0 radical (unpaired) electrons. The minimum absolute atomic E-state index is 0.271. The van der Waals surface area contributed by atoms with Crippen LogP contribution < -0.4 is 0 Å². The number of carboxylic acids is 1. The molecule has 2 rings (SSSR count). The van der Waals surface area contributed by atoms with Gasteiger partial charge in [0.2, 0.25) is 0 Å². The molecule has 1 N–H and O–H groups in total. The number of carbonyl (C=O) groups is 1. The van der Waals surface area contributed by atoms with Crippen molar-refractivity contribution in [2.24, 2.45) is 0 Å². The van der Waals surface area contributed by atoms with E-state index in [4.69, 9.17) is 0 Å². The molecule has 2 bridgehead atoms. The van der Waals surface area contributed by atoms with Gasteiger partial charge in [0, 0.05) is 25.2 Å². The average molecular weight is 240 g/mol. The normalized spacial score (nSPS) is 32.4. The number of hydrogen-bond acceptors (Lipinski definition) is 3. The third kappa shape index (κ3) is 2.63. The molecule has 4 nitrogen and oxygen atoms in total. The van der Waals surface area contributed by atoms with Crippen molar-refractivity contribution < 1.29 is 9.90 Å². The maximum atomic E-state index is 11.3. The monoisotopic (exact) mass is 240 g/mol. The van der Waals surface area contributed by atoms with E-state index in [2.05, 4.69) is 23.8 Å². The Labute approximate surface area is 104 Å². The summed E-state index contributed by atoms with van der Waals surface area (Å²) in [6.07, 6.45) is 5.37. The molecular weight excluding hydrogens is 216 g/mol. The first-order chi connectivity index (χ1) is 8.13. The molecule has 0 amide bonds. The van der Waals surface area contributed by atoms with Crippen molar-refractivity contribution in [1.29, 1.82) is 0 Å². The van der Waals surface area contributed by atoms with Gasteiger partial charge in [-0.25, -0.2) is 0 Å². The van der Waals surface area contributed by atoms with Crippen molar-refractivity contribution in [1.82, 2.24) is 9.80 Å². The van der Waals surface area contributed by atoms with Crippen LogP contribution in [0.3, 0.4) is 0 Å². The lowest BCUT2D eigenvalue weighted by Gasteiger charge is -2.30. The molecule has 0 aromatic carbocycles. The first kappa shape index (κ1) is 12.8. The SMILES string of the molecule is CCCC(C(=O)O)N1CCC2CCC(C1)N2C. The molecule has 2 aliphatic heterocycles. The van der Waals surface area contributed by atoms with Crippen LogP contribution in [0.1, 0.15) is 39.0 Å². The van der Waals surface area contributed by atoms with Crippen LogP contribution in [-0.2, 0) is 4.79 Å². The summed E-state index contributed by atoms with van der Waals surface area (Å²) in [6, 6.07) is 0.982. The molecule has 2 aliphatic rings. The molecule has 4 heteroatoms. The van der Waals surface area contributed by atoms with Crippen molar-refractivity contribution in [3.63, 3.8) is 0 Å². The minimum atomic E-state index is -0.646. The molecule has 0 aromatic rings. The Morgan fingerprint density at radius 1 is 1.35 bits per heavy atom. The average Bonchev–Trinajstić information content (AvgIpc) is 2.51. The van der Waals surface area contributed by atoms with E-state index in [1.807, 2.05) is 0 Å².